The van der Waals surface area contributed by atoms with E-state index in [1.54, 1.807) is 0 Å². The van der Waals surface area contributed by atoms with Crippen LogP contribution in [0.4, 0.5) is 10.1 Å². The molecule has 1 aromatic carbocycles. The summed E-state index contributed by atoms with van der Waals surface area (Å²) in [7, 11) is 0. The van der Waals surface area contributed by atoms with Gasteiger partial charge in [-0.15, -0.1) is 0 Å². The van der Waals surface area contributed by atoms with Crippen LogP contribution in [-0.4, -0.2) is 28.3 Å². The number of carbonyl (C=O) groups is 1. The Morgan fingerprint density at radius 3 is 2.81 bits per heavy atom. The molecule has 0 bridgehead atoms. The predicted octanol–water partition coefficient (Wildman–Crippen LogP) is 1.73. The number of carboxylic acids is 1. The average molecular weight is 248 g/mol. The van der Waals surface area contributed by atoms with Crippen molar-refractivity contribution < 1.29 is 19.4 Å². The van der Waals surface area contributed by atoms with E-state index in [9.17, 15) is 14.3 Å². The molecule has 88 valence electrons. The van der Waals surface area contributed by atoms with Gasteiger partial charge in [-0.1, -0.05) is 11.6 Å². The molecule has 1 rings (SSSR count). The molecule has 0 fully saturated rings. The lowest BCUT2D eigenvalue weighted by atomic mass is 10.1. The van der Waals surface area contributed by atoms with E-state index in [1.165, 1.54) is 12.1 Å². The zero-order valence-corrected chi connectivity index (χ0v) is 9.25. The number of benzene rings is 1. The van der Waals surface area contributed by atoms with Gasteiger partial charge in [-0.25, -0.2) is 9.18 Å². The highest BCUT2D eigenvalue weighted by atomic mass is 35.5. The predicted molar refractivity (Wildman–Crippen MR) is 58.2 cm³/mol. The first kappa shape index (κ1) is 12.7. The zero-order chi connectivity index (χ0) is 12.3. The molecule has 1 atom stereocenters. The van der Waals surface area contributed by atoms with Crippen LogP contribution in [0.1, 0.15) is 6.92 Å². The zero-order valence-electron chi connectivity index (χ0n) is 8.50. The smallest absolute Gasteiger partial charge is 0.337 e. The minimum Gasteiger partial charge on any atom is -0.479 e. The summed E-state index contributed by atoms with van der Waals surface area (Å²) in [5.41, 5.74) is -1.70. The Hall–Kier alpha value is -1.33. The second-order valence-electron chi connectivity index (χ2n) is 3.56. The maximum absolute atomic E-state index is 12.8. The Bertz CT molecular complexity index is 409. The molecule has 0 heterocycles. The largest absolute Gasteiger partial charge is 0.479 e. The minimum absolute atomic E-state index is 0.239. The standard InChI is InChI=1S/C10H11ClFNO3/c1-10(16,9(14)15)5-13-8-4-6(12)2-3-7(8)11/h2-4,13,16H,5H2,1H3,(H,14,15). The number of aliphatic hydroxyl groups is 1. The van der Waals surface area contributed by atoms with Crippen LogP contribution in [-0.2, 0) is 4.79 Å². The molecule has 4 nitrogen and oxygen atoms in total. The molecule has 0 amide bonds. The highest BCUT2D eigenvalue weighted by Gasteiger charge is 2.29. The summed E-state index contributed by atoms with van der Waals surface area (Å²) in [5, 5.41) is 20.9. The van der Waals surface area contributed by atoms with Crippen LogP contribution >= 0.6 is 11.6 Å². The first-order valence-corrected chi connectivity index (χ1v) is 4.85. The summed E-state index contributed by atoms with van der Waals surface area (Å²) in [6.07, 6.45) is 0. The highest BCUT2D eigenvalue weighted by molar-refractivity contribution is 6.33. The molecular weight excluding hydrogens is 237 g/mol. The average Bonchev–Trinajstić information content (AvgIpc) is 2.19. The number of hydrogen-bond acceptors (Lipinski definition) is 3. The van der Waals surface area contributed by atoms with Gasteiger partial charge in [-0.05, 0) is 25.1 Å². The Balaban J connectivity index is 2.75. The van der Waals surface area contributed by atoms with Gasteiger partial charge in [0.25, 0.3) is 0 Å². The SMILES string of the molecule is CC(O)(CNc1cc(F)ccc1Cl)C(=O)O. The van der Waals surface area contributed by atoms with Gasteiger partial charge in [0.1, 0.15) is 5.82 Å². The number of halogens is 2. The first-order chi connectivity index (χ1) is 7.33. The Morgan fingerprint density at radius 1 is 1.62 bits per heavy atom. The van der Waals surface area contributed by atoms with Crippen molar-refractivity contribution in [1.29, 1.82) is 0 Å². The van der Waals surface area contributed by atoms with Crippen LogP contribution in [0.2, 0.25) is 5.02 Å². The van der Waals surface area contributed by atoms with Crippen molar-refractivity contribution >= 4 is 23.3 Å². The van der Waals surface area contributed by atoms with E-state index in [0.717, 1.165) is 13.0 Å². The van der Waals surface area contributed by atoms with Crippen molar-refractivity contribution in [2.24, 2.45) is 0 Å². The summed E-state index contributed by atoms with van der Waals surface area (Å²) in [6.45, 7) is 0.862. The second-order valence-corrected chi connectivity index (χ2v) is 3.96. The number of rotatable bonds is 4. The number of hydrogen-bond donors (Lipinski definition) is 3. The fourth-order valence-electron chi connectivity index (χ4n) is 0.976. The van der Waals surface area contributed by atoms with Crippen LogP contribution < -0.4 is 5.32 Å². The topological polar surface area (TPSA) is 69.6 Å². The van der Waals surface area contributed by atoms with Crippen LogP contribution in [0.25, 0.3) is 0 Å². The minimum atomic E-state index is -1.93. The molecule has 0 aliphatic heterocycles. The first-order valence-electron chi connectivity index (χ1n) is 4.47. The molecular formula is C10H11ClFNO3. The van der Waals surface area contributed by atoms with Gasteiger partial charge in [0.15, 0.2) is 5.60 Å². The quantitative estimate of drug-likeness (QED) is 0.758. The highest BCUT2D eigenvalue weighted by Crippen LogP contribution is 2.22. The molecule has 6 heteroatoms. The molecule has 0 aromatic heterocycles. The van der Waals surface area contributed by atoms with Crippen molar-refractivity contribution in [2.75, 3.05) is 11.9 Å². The third kappa shape index (κ3) is 3.08. The van der Waals surface area contributed by atoms with Crippen LogP contribution in [0, 0.1) is 5.82 Å². The van der Waals surface area contributed by atoms with E-state index in [-0.39, 0.29) is 17.3 Å². The molecule has 1 unspecified atom stereocenters. The van der Waals surface area contributed by atoms with Crippen molar-refractivity contribution in [1.82, 2.24) is 0 Å². The van der Waals surface area contributed by atoms with Gasteiger partial charge >= 0.3 is 5.97 Å². The third-order valence-electron chi connectivity index (χ3n) is 2.01. The molecule has 0 saturated carbocycles. The summed E-state index contributed by atoms with van der Waals surface area (Å²) < 4.78 is 12.8. The summed E-state index contributed by atoms with van der Waals surface area (Å²) in [4.78, 5) is 10.6. The molecule has 0 radical (unpaired) electrons. The van der Waals surface area contributed by atoms with E-state index in [4.69, 9.17) is 16.7 Å². The summed E-state index contributed by atoms with van der Waals surface area (Å²) in [5.74, 6) is -1.87. The molecule has 3 N–H and O–H groups in total. The molecule has 16 heavy (non-hydrogen) atoms. The molecule has 0 saturated heterocycles. The number of aliphatic carboxylic acids is 1. The summed E-state index contributed by atoms with van der Waals surface area (Å²) in [6, 6.07) is 3.65. The fraction of sp³-hybridized carbons (Fsp3) is 0.300. The monoisotopic (exact) mass is 247 g/mol. The maximum atomic E-state index is 12.8. The lowest BCUT2D eigenvalue weighted by Gasteiger charge is -2.19. The maximum Gasteiger partial charge on any atom is 0.337 e. The van der Waals surface area contributed by atoms with Crippen molar-refractivity contribution in [3.8, 4) is 0 Å². The second kappa shape index (κ2) is 4.67. The molecule has 1 aromatic rings. The van der Waals surface area contributed by atoms with Gasteiger partial charge in [0, 0.05) is 0 Å². The number of nitrogens with one attached hydrogen (secondary N) is 1. The molecule has 0 spiro atoms. The van der Waals surface area contributed by atoms with Crippen LogP contribution in [0.5, 0.6) is 0 Å². The lowest BCUT2D eigenvalue weighted by molar-refractivity contribution is -0.155. The Labute approximate surface area is 96.7 Å². The number of anilines is 1. The van der Waals surface area contributed by atoms with E-state index in [0.29, 0.717) is 0 Å². The van der Waals surface area contributed by atoms with E-state index in [2.05, 4.69) is 5.32 Å². The molecule has 0 aliphatic rings. The Kier molecular flexibility index (Phi) is 3.72. The van der Waals surface area contributed by atoms with E-state index >= 15 is 0 Å². The normalized spacial score (nSPS) is 14.2. The van der Waals surface area contributed by atoms with Gasteiger partial charge in [0.2, 0.25) is 0 Å². The van der Waals surface area contributed by atoms with Crippen molar-refractivity contribution in [3.05, 3.63) is 29.0 Å². The van der Waals surface area contributed by atoms with Crippen molar-refractivity contribution in [2.45, 2.75) is 12.5 Å². The van der Waals surface area contributed by atoms with Crippen molar-refractivity contribution in [3.63, 3.8) is 0 Å². The van der Waals surface area contributed by atoms with Gasteiger partial charge in [0.05, 0.1) is 17.3 Å². The van der Waals surface area contributed by atoms with E-state index in [1.807, 2.05) is 0 Å². The van der Waals surface area contributed by atoms with Gasteiger partial charge in [-0.3, -0.25) is 0 Å². The van der Waals surface area contributed by atoms with Gasteiger partial charge < -0.3 is 15.5 Å². The third-order valence-corrected chi connectivity index (χ3v) is 2.34. The number of carboxylic acid groups (broad SMARTS) is 1. The van der Waals surface area contributed by atoms with E-state index < -0.39 is 17.4 Å². The Morgan fingerprint density at radius 2 is 2.25 bits per heavy atom. The lowest BCUT2D eigenvalue weighted by Crippen LogP contribution is -2.41. The molecule has 0 aliphatic carbocycles. The van der Waals surface area contributed by atoms with Gasteiger partial charge in [-0.2, -0.15) is 0 Å². The fourth-order valence-corrected chi connectivity index (χ4v) is 1.16. The summed E-state index contributed by atoms with van der Waals surface area (Å²) >= 11 is 5.75. The van der Waals surface area contributed by atoms with Crippen LogP contribution in [0.15, 0.2) is 18.2 Å². The van der Waals surface area contributed by atoms with Crippen LogP contribution in [0.3, 0.4) is 0 Å².